The van der Waals surface area contributed by atoms with E-state index in [9.17, 15) is 18.0 Å². The number of carbonyl (C=O) groups is 1. The van der Waals surface area contributed by atoms with Crippen molar-refractivity contribution in [2.24, 2.45) is 12.0 Å². The number of amides is 1. The van der Waals surface area contributed by atoms with Crippen LogP contribution < -0.4 is 5.32 Å². The summed E-state index contributed by atoms with van der Waals surface area (Å²) in [5.41, 5.74) is -0.845. The highest BCUT2D eigenvalue weighted by Gasteiger charge is 2.37. The van der Waals surface area contributed by atoms with E-state index >= 15 is 0 Å². The Morgan fingerprint density at radius 1 is 1.16 bits per heavy atom. The summed E-state index contributed by atoms with van der Waals surface area (Å²) in [5, 5.41) is 6.72. The monoisotopic (exact) mass is 571 g/mol. The summed E-state index contributed by atoms with van der Waals surface area (Å²) in [4.78, 5) is 23.3. The highest BCUT2D eigenvalue weighted by atomic mass is 127. The molecule has 2 fully saturated rings. The average Bonchev–Trinajstić information content (AvgIpc) is 3.40. The van der Waals surface area contributed by atoms with Gasteiger partial charge >= 0.3 is 6.18 Å². The summed E-state index contributed by atoms with van der Waals surface area (Å²) in [6.45, 7) is 8.79. The second-order valence-electron chi connectivity index (χ2n) is 8.08. The number of guanidine groups is 1. The molecule has 8 nitrogen and oxygen atoms in total. The number of nitrogens with zero attached hydrogens (tertiary/aromatic N) is 6. The zero-order valence-electron chi connectivity index (χ0n) is 18.9. The molecular weight excluding hydrogens is 538 g/mol. The third-order valence-electron chi connectivity index (χ3n) is 5.84. The van der Waals surface area contributed by atoms with Crippen molar-refractivity contribution in [3.8, 4) is 0 Å². The van der Waals surface area contributed by atoms with Crippen LogP contribution in [-0.4, -0.2) is 88.2 Å². The first-order chi connectivity index (χ1) is 14.7. The molecule has 1 aromatic heterocycles. The number of halogens is 4. The van der Waals surface area contributed by atoms with Crippen LogP contribution in [0.15, 0.2) is 11.2 Å². The number of rotatable bonds is 5. The number of nitrogens with one attached hydrogen (secondary N) is 1. The van der Waals surface area contributed by atoms with E-state index in [2.05, 4.69) is 20.3 Å². The summed E-state index contributed by atoms with van der Waals surface area (Å²) in [6.07, 6.45) is -1.00. The highest BCUT2D eigenvalue weighted by molar-refractivity contribution is 14.0. The van der Waals surface area contributed by atoms with Crippen LogP contribution in [0.25, 0.3) is 0 Å². The molecule has 182 valence electrons. The summed E-state index contributed by atoms with van der Waals surface area (Å²) in [6, 6.07) is -0.162. The van der Waals surface area contributed by atoms with Crippen molar-refractivity contribution < 1.29 is 18.0 Å². The molecular formula is C20H33F3IN7O. The van der Waals surface area contributed by atoms with Gasteiger partial charge in [-0.25, -0.2) is 4.99 Å². The van der Waals surface area contributed by atoms with Crippen LogP contribution in [0.2, 0.25) is 0 Å². The van der Waals surface area contributed by atoms with Gasteiger partial charge in [-0.05, 0) is 26.7 Å². The Morgan fingerprint density at radius 3 is 2.34 bits per heavy atom. The molecule has 12 heteroatoms. The van der Waals surface area contributed by atoms with Crippen LogP contribution in [-0.2, 0) is 24.6 Å². The van der Waals surface area contributed by atoms with Gasteiger partial charge in [-0.2, -0.15) is 18.3 Å². The smallest absolute Gasteiger partial charge is 0.357 e. The quantitative estimate of drug-likeness (QED) is 0.334. The van der Waals surface area contributed by atoms with Gasteiger partial charge in [0.1, 0.15) is 0 Å². The molecule has 3 heterocycles. The normalized spacial score (nSPS) is 19.1. The van der Waals surface area contributed by atoms with Crippen LogP contribution >= 0.6 is 24.0 Å². The number of aliphatic imine (C=N–C) groups is 1. The maximum absolute atomic E-state index is 13.2. The van der Waals surface area contributed by atoms with Gasteiger partial charge in [0.25, 0.3) is 0 Å². The summed E-state index contributed by atoms with van der Waals surface area (Å²) < 4.78 is 40.8. The fourth-order valence-electron chi connectivity index (χ4n) is 4.16. The summed E-state index contributed by atoms with van der Waals surface area (Å²) in [7, 11) is 1.47. The minimum Gasteiger partial charge on any atom is -0.357 e. The Hall–Kier alpha value is -1.57. The molecule has 0 aromatic carbocycles. The number of hydrogen-bond donors (Lipinski definition) is 1. The van der Waals surface area contributed by atoms with Gasteiger partial charge in [-0.15, -0.1) is 24.0 Å². The third kappa shape index (κ3) is 6.49. The van der Waals surface area contributed by atoms with E-state index in [1.807, 2.05) is 23.6 Å². The topological polar surface area (TPSA) is 69.0 Å². The van der Waals surface area contributed by atoms with Crippen LogP contribution in [0.1, 0.15) is 37.9 Å². The van der Waals surface area contributed by atoms with E-state index in [0.717, 1.165) is 30.6 Å². The Labute approximate surface area is 204 Å². The summed E-state index contributed by atoms with van der Waals surface area (Å²) >= 11 is 0. The Morgan fingerprint density at radius 2 is 1.78 bits per heavy atom. The van der Waals surface area contributed by atoms with Gasteiger partial charge in [0.15, 0.2) is 11.7 Å². The molecule has 32 heavy (non-hydrogen) atoms. The molecule has 1 aromatic rings. The number of carbonyl (C=O) groups excluding carboxylic acids is 1. The number of aryl methyl sites for hydroxylation is 1. The zero-order chi connectivity index (χ0) is 22.6. The number of hydrogen-bond acceptors (Lipinski definition) is 4. The Bertz CT molecular complexity index is 785. The highest BCUT2D eigenvalue weighted by Crippen LogP contribution is 2.30. The summed E-state index contributed by atoms with van der Waals surface area (Å²) in [5.74, 6) is 0.764. The van der Waals surface area contributed by atoms with Crippen molar-refractivity contribution in [2.75, 3.05) is 45.8 Å². The molecule has 2 aliphatic rings. The molecule has 0 spiro atoms. The molecule has 0 radical (unpaired) electrons. The van der Waals surface area contributed by atoms with Crippen LogP contribution in [0.5, 0.6) is 0 Å². The standard InChI is InChI=1S/C20H32F3N7O.HI/c1-4-24-19(25-13-16-14-27(3)26-17(16)20(21,22)23)30-11-9-28(10-12-30)15(2)18(31)29-7-5-6-8-29;/h14-15H,4-13H2,1-3H3,(H,24,25);1H. The van der Waals surface area contributed by atoms with Crippen molar-refractivity contribution in [1.82, 2.24) is 29.8 Å². The number of aromatic nitrogens is 2. The molecule has 1 unspecified atom stereocenters. The maximum Gasteiger partial charge on any atom is 0.435 e. The van der Waals surface area contributed by atoms with Gasteiger partial charge in [0.2, 0.25) is 5.91 Å². The Balaban J connectivity index is 0.00000363. The van der Waals surface area contributed by atoms with Crippen molar-refractivity contribution >= 4 is 35.8 Å². The van der Waals surface area contributed by atoms with Crippen LogP contribution in [0.4, 0.5) is 13.2 Å². The molecule has 1 N–H and O–H groups in total. The molecule has 3 rings (SSSR count). The van der Waals surface area contributed by atoms with E-state index in [4.69, 9.17) is 0 Å². The SMILES string of the molecule is CCNC(=NCc1cn(C)nc1C(F)(F)F)N1CCN(C(C)C(=O)N2CCCC2)CC1.I. The third-order valence-corrected chi connectivity index (χ3v) is 5.84. The Kier molecular flexibility index (Phi) is 9.61. The van der Waals surface area contributed by atoms with Crippen LogP contribution in [0.3, 0.4) is 0 Å². The first-order valence-corrected chi connectivity index (χ1v) is 10.9. The fourth-order valence-corrected chi connectivity index (χ4v) is 4.16. The fraction of sp³-hybridized carbons (Fsp3) is 0.750. The predicted octanol–water partition coefficient (Wildman–Crippen LogP) is 2.15. The molecule has 0 bridgehead atoms. The first-order valence-electron chi connectivity index (χ1n) is 10.9. The first kappa shape index (κ1) is 26.7. The number of alkyl halides is 3. The van der Waals surface area contributed by atoms with E-state index < -0.39 is 11.9 Å². The lowest BCUT2D eigenvalue weighted by Crippen LogP contribution is -2.57. The maximum atomic E-state index is 13.2. The second kappa shape index (κ2) is 11.5. The minimum absolute atomic E-state index is 0. The van der Waals surface area contributed by atoms with Crippen molar-refractivity contribution in [1.29, 1.82) is 0 Å². The lowest BCUT2D eigenvalue weighted by molar-refractivity contribution is -0.142. The molecule has 1 atom stereocenters. The number of likely N-dealkylation sites (tertiary alicyclic amines) is 1. The lowest BCUT2D eigenvalue weighted by atomic mass is 10.2. The van der Waals surface area contributed by atoms with Crippen molar-refractivity contribution in [3.63, 3.8) is 0 Å². The largest absolute Gasteiger partial charge is 0.435 e. The van der Waals surface area contributed by atoms with Crippen molar-refractivity contribution in [3.05, 3.63) is 17.5 Å². The lowest BCUT2D eigenvalue weighted by Gasteiger charge is -2.39. The van der Waals surface area contributed by atoms with E-state index in [1.165, 1.54) is 13.2 Å². The predicted molar refractivity (Wildman–Crippen MR) is 127 cm³/mol. The molecule has 2 saturated heterocycles. The van der Waals surface area contributed by atoms with Gasteiger partial charge in [0, 0.05) is 64.6 Å². The zero-order valence-corrected chi connectivity index (χ0v) is 21.2. The van der Waals surface area contributed by atoms with Gasteiger partial charge < -0.3 is 15.1 Å². The molecule has 2 aliphatic heterocycles. The van der Waals surface area contributed by atoms with Crippen LogP contribution in [0, 0.1) is 0 Å². The molecule has 0 saturated carbocycles. The van der Waals surface area contributed by atoms with Gasteiger partial charge in [0.05, 0.1) is 12.6 Å². The van der Waals surface area contributed by atoms with E-state index in [0.29, 0.717) is 38.7 Å². The van der Waals surface area contributed by atoms with Crippen molar-refractivity contribution in [2.45, 2.75) is 45.5 Å². The minimum atomic E-state index is -4.51. The van der Waals surface area contributed by atoms with Gasteiger partial charge in [-0.1, -0.05) is 0 Å². The van der Waals surface area contributed by atoms with Gasteiger partial charge in [-0.3, -0.25) is 14.4 Å². The number of piperazine rings is 1. The average molecular weight is 571 g/mol. The van der Waals surface area contributed by atoms with E-state index in [1.54, 1.807) is 0 Å². The van der Waals surface area contributed by atoms with E-state index in [-0.39, 0.29) is 48.0 Å². The molecule has 1 amide bonds. The molecule has 0 aliphatic carbocycles. The second-order valence-corrected chi connectivity index (χ2v) is 8.08.